The fourth-order valence-electron chi connectivity index (χ4n) is 2.80. The fraction of sp³-hybridized carbons (Fsp3) is 0.238. The molecule has 0 aliphatic rings. The van der Waals surface area contributed by atoms with Crippen molar-refractivity contribution in [1.82, 2.24) is 20.2 Å². The number of ether oxygens (including phenoxy) is 2. The Labute approximate surface area is 189 Å². The van der Waals surface area contributed by atoms with E-state index in [0.717, 1.165) is 11.1 Å². The summed E-state index contributed by atoms with van der Waals surface area (Å²) < 4.78 is 12.6. The largest absolute Gasteiger partial charge is 0.493 e. The lowest BCUT2D eigenvalue weighted by Crippen LogP contribution is -2.20. The molecule has 10 heteroatoms. The van der Waals surface area contributed by atoms with Crippen LogP contribution < -0.4 is 14.9 Å². The fourth-order valence-corrected chi connectivity index (χ4v) is 3.79. The maximum absolute atomic E-state index is 12.1. The molecule has 2 aromatic carbocycles. The Morgan fingerprint density at radius 2 is 2.00 bits per heavy atom. The van der Waals surface area contributed by atoms with Crippen LogP contribution in [-0.4, -0.2) is 46.9 Å². The number of nitrogens with one attached hydrogen (secondary N) is 1. The van der Waals surface area contributed by atoms with E-state index in [4.69, 9.17) is 21.1 Å². The van der Waals surface area contributed by atoms with Crippen molar-refractivity contribution >= 4 is 35.5 Å². The van der Waals surface area contributed by atoms with Crippen LogP contribution in [0.2, 0.25) is 5.02 Å². The molecular weight excluding hydrogens is 438 g/mol. The maximum Gasteiger partial charge on any atom is 0.250 e. The molecule has 3 rings (SSSR count). The molecule has 8 nitrogen and oxygen atoms in total. The van der Waals surface area contributed by atoms with E-state index in [1.54, 1.807) is 26.4 Å². The monoisotopic (exact) mass is 459 g/mol. The first-order valence-electron chi connectivity index (χ1n) is 9.41. The second-order valence-electron chi connectivity index (χ2n) is 6.26. The van der Waals surface area contributed by atoms with E-state index in [1.165, 1.54) is 18.0 Å². The van der Waals surface area contributed by atoms with Crippen molar-refractivity contribution in [3.63, 3.8) is 0 Å². The third kappa shape index (κ3) is 5.77. The number of carbonyl (C=O) groups excluding carboxylic acids is 1. The van der Waals surface area contributed by atoms with E-state index in [9.17, 15) is 4.79 Å². The summed E-state index contributed by atoms with van der Waals surface area (Å²) in [7, 11) is 3.17. The lowest BCUT2D eigenvalue weighted by Gasteiger charge is -2.10. The second kappa shape index (κ2) is 10.8. The number of hydrogen-bond donors (Lipinski definition) is 1. The predicted octanol–water partition coefficient (Wildman–Crippen LogP) is 3.88. The molecule has 0 radical (unpaired) electrons. The molecule has 31 heavy (non-hydrogen) atoms. The van der Waals surface area contributed by atoms with Gasteiger partial charge in [-0.3, -0.25) is 4.79 Å². The van der Waals surface area contributed by atoms with Gasteiger partial charge in [-0.1, -0.05) is 35.5 Å². The highest BCUT2D eigenvalue weighted by molar-refractivity contribution is 7.99. The Morgan fingerprint density at radius 1 is 1.19 bits per heavy atom. The molecule has 1 N–H and O–H groups in total. The molecule has 0 spiro atoms. The minimum atomic E-state index is -0.249. The molecule has 3 aromatic rings. The van der Waals surface area contributed by atoms with Gasteiger partial charge < -0.3 is 14.0 Å². The Hall–Kier alpha value is -3.04. The zero-order chi connectivity index (χ0) is 22.2. The summed E-state index contributed by atoms with van der Waals surface area (Å²) in [5.74, 6) is 1.83. The average Bonchev–Trinajstić information content (AvgIpc) is 3.20. The highest BCUT2D eigenvalue weighted by Gasteiger charge is 2.16. The van der Waals surface area contributed by atoms with E-state index < -0.39 is 0 Å². The topological polar surface area (TPSA) is 90.6 Å². The van der Waals surface area contributed by atoms with Crippen molar-refractivity contribution in [3.8, 4) is 22.9 Å². The highest BCUT2D eigenvalue weighted by Crippen LogP contribution is 2.32. The number of halogens is 1. The van der Waals surface area contributed by atoms with Crippen molar-refractivity contribution in [1.29, 1.82) is 0 Å². The third-order valence-electron chi connectivity index (χ3n) is 4.26. The summed E-state index contributed by atoms with van der Waals surface area (Å²) in [6.45, 7) is 2.64. The van der Waals surface area contributed by atoms with Gasteiger partial charge in [-0.05, 0) is 42.8 Å². The van der Waals surface area contributed by atoms with Crippen molar-refractivity contribution in [3.05, 3.63) is 53.1 Å². The average molecular weight is 460 g/mol. The van der Waals surface area contributed by atoms with Crippen LogP contribution >= 0.6 is 23.4 Å². The lowest BCUT2D eigenvalue weighted by atomic mass is 10.2. The number of aromatic nitrogens is 3. The van der Waals surface area contributed by atoms with Crippen LogP contribution in [0, 0.1) is 0 Å². The smallest absolute Gasteiger partial charge is 0.250 e. The molecular formula is C21H22ClN5O3S. The summed E-state index contributed by atoms with van der Waals surface area (Å²) in [6.07, 6.45) is 1.54. The van der Waals surface area contributed by atoms with Crippen molar-refractivity contribution in [2.24, 2.45) is 5.10 Å². The van der Waals surface area contributed by atoms with Gasteiger partial charge in [-0.25, -0.2) is 5.43 Å². The van der Waals surface area contributed by atoms with E-state index in [1.807, 2.05) is 41.8 Å². The Morgan fingerprint density at radius 3 is 2.71 bits per heavy atom. The van der Waals surface area contributed by atoms with Gasteiger partial charge in [-0.15, -0.1) is 10.2 Å². The van der Waals surface area contributed by atoms with Gasteiger partial charge in [0.2, 0.25) is 0 Å². The van der Waals surface area contributed by atoms with Crippen LogP contribution in [0.25, 0.3) is 11.4 Å². The summed E-state index contributed by atoms with van der Waals surface area (Å²) in [5.41, 5.74) is 4.14. The molecule has 1 amide bonds. The standard InChI is InChI=1S/C21H22ClN5O3S/c1-4-27-20(15-8-9-17(29-2)18(11-15)30-3)25-26-21(27)31-13-19(28)24-23-12-14-6-5-7-16(22)10-14/h5-12H,4,13H2,1-3H3,(H,24,28)/b23-12+. The summed E-state index contributed by atoms with van der Waals surface area (Å²) in [4.78, 5) is 12.1. The van der Waals surface area contributed by atoms with Gasteiger partial charge in [0.1, 0.15) is 0 Å². The molecule has 0 unspecified atom stereocenters. The molecule has 162 valence electrons. The molecule has 0 aliphatic heterocycles. The molecule has 0 saturated carbocycles. The quantitative estimate of drug-likeness (QED) is 0.296. The number of nitrogens with zero attached hydrogens (tertiary/aromatic N) is 4. The Kier molecular flexibility index (Phi) is 7.91. The van der Waals surface area contributed by atoms with Crippen LogP contribution in [0.15, 0.2) is 52.7 Å². The zero-order valence-electron chi connectivity index (χ0n) is 17.3. The summed E-state index contributed by atoms with van der Waals surface area (Å²) in [5, 5.41) is 13.7. The van der Waals surface area contributed by atoms with Gasteiger partial charge in [0.25, 0.3) is 5.91 Å². The number of amides is 1. The van der Waals surface area contributed by atoms with Crippen molar-refractivity contribution < 1.29 is 14.3 Å². The summed E-state index contributed by atoms with van der Waals surface area (Å²) >= 11 is 7.22. The number of benzene rings is 2. The van der Waals surface area contributed by atoms with Gasteiger partial charge >= 0.3 is 0 Å². The maximum atomic E-state index is 12.1. The van der Waals surface area contributed by atoms with E-state index >= 15 is 0 Å². The minimum absolute atomic E-state index is 0.150. The normalized spacial score (nSPS) is 11.0. The van der Waals surface area contributed by atoms with Gasteiger partial charge in [0, 0.05) is 17.1 Å². The van der Waals surface area contributed by atoms with E-state index in [2.05, 4.69) is 20.7 Å². The molecule has 0 saturated heterocycles. The molecule has 1 heterocycles. The lowest BCUT2D eigenvalue weighted by molar-refractivity contribution is -0.118. The predicted molar refractivity (Wildman–Crippen MR) is 122 cm³/mol. The van der Waals surface area contributed by atoms with Crippen LogP contribution in [0.3, 0.4) is 0 Å². The summed E-state index contributed by atoms with van der Waals surface area (Å²) in [6, 6.07) is 12.7. The molecule has 0 aliphatic carbocycles. The number of carbonyl (C=O) groups is 1. The number of thioether (sulfide) groups is 1. The second-order valence-corrected chi connectivity index (χ2v) is 7.64. The Bertz CT molecular complexity index is 1090. The number of hydrogen-bond acceptors (Lipinski definition) is 7. The zero-order valence-corrected chi connectivity index (χ0v) is 18.9. The van der Waals surface area contributed by atoms with Crippen LogP contribution in [-0.2, 0) is 11.3 Å². The SMILES string of the molecule is CCn1c(SCC(=O)N/N=C/c2cccc(Cl)c2)nnc1-c1ccc(OC)c(OC)c1. The first-order valence-corrected chi connectivity index (χ1v) is 10.8. The number of rotatable bonds is 9. The van der Waals surface area contributed by atoms with E-state index in [-0.39, 0.29) is 11.7 Å². The van der Waals surface area contributed by atoms with Crippen LogP contribution in [0.5, 0.6) is 11.5 Å². The van der Waals surface area contributed by atoms with Crippen molar-refractivity contribution in [2.45, 2.75) is 18.6 Å². The molecule has 1 aromatic heterocycles. The first kappa shape index (κ1) is 22.6. The van der Waals surface area contributed by atoms with Gasteiger partial charge in [0.15, 0.2) is 22.5 Å². The van der Waals surface area contributed by atoms with E-state index in [0.29, 0.717) is 34.0 Å². The molecule has 0 atom stereocenters. The van der Waals surface area contributed by atoms with Gasteiger partial charge in [-0.2, -0.15) is 5.10 Å². The Balaban J connectivity index is 1.65. The minimum Gasteiger partial charge on any atom is -0.493 e. The van der Waals surface area contributed by atoms with Crippen LogP contribution in [0.4, 0.5) is 0 Å². The molecule has 0 fully saturated rings. The number of hydrazone groups is 1. The molecule has 0 bridgehead atoms. The first-order chi connectivity index (χ1) is 15.0. The van der Waals surface area contributed by atoms with Crippen LogP contribution in [0.1, 0.15) is 12.5 Å². The third-order valence-corrected chi connectivity index (χ3v) is 5.46. The van der Waals surface area contributed by atoms with Gasteiger partial charge in [0.05, 0.1) is 26.2 Å². The van der Waals surface area contributed by atoms with Crippen molar-refractivity contribution in [2.75, 3.05) is 20.0 Å². The number of methoxy groups -OCH3 is 2. The highest BCUT2D eigenvalue weighted by atomic mass is 35.5.